The van der Waals surface area contributed by atoms with Crippen molar-refractivity contribution >= 4 is 28.3 Å². The van der Waals surface area contributed by atoms with Gasteiger partial charge in [0.15, 0.2) is 5.13 Å². The van der Waals surface area contributed by atoms with E-state index < -0.39 is 5.97 Å². The van der Waals surface area contributed by atoms with E-state index in [4.69, 9.17) is 9.47 Å². The molecule has 7 heteroatoms. The summed E-state index contributed by atoms with van der Waals surface area (Å²) in [6.45, 7) is 6.77. The van der Waals surface area contributed by atoms with E-state index >= 15 is 0 Å². The first-order valence-corrected chi connectivity index (χ1v) is 11.5. The van der Waals surface area contributed by atoms with Crippen molar-refractivity contribution in [3.8, 4) is 5.75 Å². The lowest BCUT2D eigenvalue weighted by molar-refractivity contribution is -0.118. The number of carbonyl (C=O) groups excluding carboxylic acids is 2. The Hall–Kier alpha value is -3.19. The van der Waals surface area contributed by atoms with Crippen molar-refractivity contribution in [2.24, 2.45) is 0 Å². The summed E-state index contributed by atoms with van der Waals surface area (Å²) in [5, 5.41) is 0.506. The van der Waals surface area contributed by atoms with E-state index in [0.717, 1.165) is 16.9 Å². The Bertz CT molecular complexity index is 1030. The van der Waals surface area contributed by atoms with E-state index in [1.807, 2.05) is 61.5 Å². The number of benzene rings is 2. The Labute approximate surface area is 192 Å². The van der Waals surface area contributed by atoms with Crippen molar-refractivity contribution in [3.63, 3.8) is 0 Å². The number of hydrogen-bond acceptors (Lipinski definition) is 6. The fourth-order valence-electron chi connectivity index (χ4n) is 3.22. The first kappa shape index (κ1) is 23.5. The number of carbonyl (C=O) groups is 2. The average Bonchev–Trinajstić information content (AvgIpc) is 3.19. The quantitative estimate of drug-likeness (QED) is 0.396. The summed E-state index contributed by atoms with van der Waals surface area (Å²) in [4.78, 5) is 32.1. The molecule has 0 spiro atoms. The lowest BCUT2D eigenvalue weighted by Gasteiger charge is -2.20. The van der Waals surface area contributed by atoms with Gasteiger partial charge in [0, 0.05) is 6.42 Å². The van der Waals surface area contributed by atoms with Crippen LogP contribution < -0.4 is 9.64 Å². The normalized spacial score (nSPS) is 10.6. The molecular formula is C25H28N2O4S. The largest absolute Gasteiger partial charge is 0.494 e. The molecule has 1 heterocycles. The number of amides is 1. The van der Waals surface area contributed by atoms with Gasteiger partial charge in [-0.2, -0.15) is 0 Å². The second kappa shape index (κ2) is 11.4. The summed E-state index contributed by atoms with van der Waals surface area (Å²) in [5.41, 5.74) is 2.62. The maximum absolute atomic E-state index is 13.3. The van der Waals surface area contributed by atoms with E-state index in [0.29, 0.717) is 48.3 Å². The third-order valence-corrected chi connectivity index (χ3v) is 5.98. The topological polar surface area (TPSA) is 68.7 Å². The zero-order chi connectivity index (χ0) is 22.9. The molecule has 0 saturated heterocycles. The highest BCUT2D eigenvalue weighted by atomic mass is 32.1. The number of aromatic nitrogens is 1. The minimum absolute atomic E-state index is 0.0492. The van der Waals surface area contributed by atoms with Crippen molar-refractivity contribution < 1.29 is 19.1 Å². The molecule has 32 heavy (non-hydrogen) atoms. The van der Waals surface area contributed by atoms with Gasteiger partial charge in [-0.15, -0.1) is 0 Å². The standard InChI is InChI=1S/C25H28N2O4S/c1-4-30-21-14-11-19(12-15-21)13-16-22(28)27(17-20-9-7-6-8-10-20)25-26-18(3)23(32-25)24(29)31-5-2/h6-12,14-15H,4-5,13,16-17H2,1-3H3. The second-order valence-electron chi connectivity index (χ2n) is 7.17. The molecule has 3 rings (SSSR count). The van der Waals surface area contributed by atoms with Crippen LogP contribution in [0.1, 0.15) is 46.8 Å². The van der Waals surface area contributed by atoms with Gasteiger partial charge in [-0.25, -0.2) is 9.78 Å². The molecule has 1 aromatic heterocycles. The highest BCUT2D eigenvalue weighted by Crippen LogP contribution is 2.29. The van der Waals surface area contributed by atoms with Gasteiger partial charge in [-0.3, -0.25) is 9.69 Å². The summed E-state index contributed by atoms with van der Waals surface area (Å²) < 4.78 is 10.6. The van der Waals surface area contributed by atoms with Gasteiger partial charge < -0.3 is 9.47 Å². The third-order valence-electron chi connectivity index (χ3n) is 4.82. The van der Waals surface area contributed by atoms with Gasteiger partial charge in [-0.05, 0) is 50.5 Å². The Kier molecular flexibility index (Phi) is 8.39. The van der Waals surface area contributed by atoms with Crippen molar-refractivity contribution in [2.45, 2.75) is 40.2 Å². The van der Waals surface area contributed by atoms with Crippen LogP contribution in [0.15, 0.2) is 54.6 Å². The van der Waals surface area contributed by atoms with E-state index in [1.165, 1.54) is 11.3 Å². The van der Waals surface area contributed by atoms with Crippen LogP contribution in [0, 0.1) is 6.92 Å². The molecule has 0 aliphatic carbocycles. The van der Waals surface area contributed by atoms with E-state index in [2.05, 4.69) is 4.98 Å². The molecule has 0 fully saturated rings. The van der Waals surface area contributed by atoms with Crippen molar-refractivity contribution in [3.05, 3.63) is 76.3 Å². The number of hydrogen-bond donors (Lipinski definition) is 0. The molecule has 2 aromatic carbocycles. The number of ether oxygens (including phenoxy) is 2. The highest BCUT2D eigenvalue weighted by molar-refractivity contribution is 7.17. The Morgan fingerprint density at radius 2 is 1.69 bits per heavy atom. The molecule has 0 atom stereocenters. The molecule has 6 nitrogen and oxygen atoms in total. The Morgan fingerprint density at radius 1 is 0.969 bits per heavy atom. The Morgan fingerprint density at radius 3 is 2.34 bits per heavy atom. The highest BCUT2D eigenvalue weighted by Gasteiger charge is 2.24. The average molecular weight is 453 g/mol. The Balaban J connectivity index is 1.78. The number of thiazole rings is 1. The molecule has 0 N–H and O–H groups in total. The molecule has 0 aliphatic rings. The van der Waals surface area contributed by atoms with Crippen molar-refractivity contribution in [2.75, 3.05) is 18.1 Å². The zero-order valence-corrected chi connectivity index (χ0v) is 19.5. The maximum Gasteiger partial charge on any atom is 0.350 e. The molecule has 0 bridgehead atoms. The van der Waals surface area contributed by atoms with Crippen LogP contribution in [0.2, 0.25) is 0 Å². The molecule has 168 valence electrons. The molecule has 0 saturated carbocycles. The van der Waals surface area contributed by atoms with Crippen LogP contribution in [-0.2, 0) is 22.5 Å². The van der Waals surface area contributed by atoms with Gasteiger partial charge >= 0.3 is 5.97 Å². The molecular weight excluding hydrogens is 424 g/mol. The predicted molar refractivity (Wildman–Crippen MR) is 126 cm³/mol. The smallest absolute Gasteiger partial charge is 0.350 e. The fourth-order valence-corrected chi connectivity index (χ4v) is 4.19. The molecule has 0 radical (unpaired) electrons. The van der Waals surface area contributed by atoms with E-state index in [1.54, 1.807) is 18.7 Å². The first-order valence-electron chi connectivity index (χ1n) is 10.7. The molecule has 0 unspecified atom stereocenters. The number of aryl methyl sites for hydroxylation is 2. The van der Waals surface area contributed by atoms with Crippen LogP contribution in [-0.4, -0.2) is 30.1 Å². The minimum Gasteiger partial charge on any atom is -0.494 e. The van der Waals surface area contributed by atoms with Gasteiger partial charge in [0.2, 0.25) is 5.91 Å². The first-order chi connectivity index (χ1) is 15.5. The number of rotatable bonds is 10. The predicted octanol–water partition coefficient (Wildman–Crippen LogP) is 5.19. The van der Waals surface area contributed by atoms with Gasteiger partial charge in [0.25, 0.3) is 0 Å². The van der Waals surface area contributed by atoms with Crippen LogP contribution >= 0.6 is 11.3 Å². The second-order valence-corrected chi connectivity index (χ2v) is 8.15. The van der Waals surface area contributed by atoms with Gasteiger partial charge in [-0.1, -0.05) is 53.8 Å². The minimum atomic E-state index is -0.407. The number of nitrogens with zero attached hydrogens (tertiary/aromatic N) is 2. The lowest BCUT2D eigenvalue weighted by atomic mass is 10.1. The van der Waals surface area contributed by atoms with Crippen LogP contribution in [0.25, 0.3) is 0 Å². The maximum atomic E-state index is 13.3. The fraction of sp³-hybridized carbons (Fsp3) is 0.320. The van der Waals surface area contributed by atoms with Crippen molar-refractivity contribution in [1.82, 2.24) is 4.98 Å². The van der Waals surface area contributed by atoms with Gasteiger partial charge in [0.1, 0.15) is 10.6 Å². The van der Waals surface area contributed by atoms with Gasteiger partial charge in [0.05, 0.1) is 25.5 Å². The van der Waals surface area contributed by atoms with E-state index in [-0.39, 0.29) is 5.91 Å². The zero-order valence-electron chi connectivity index (χ0n) is 18.7. The summed E-state index contributed by atoms with van der Waals surface area (Å²) in [6.07, 6.45) is 0.930. The summed E-state index contributed by atoms with van der Waals surface area (Å²) in [6, 6.07) is 17.6. The van der Waals surface area contributed by atoms with E-state index in [9.17, 15) is 9.59 Å². The number of esters is 1. The molecule has 3 aromatic rings. The summed E-state index contributed by atoms with van der Waals surface area (Å²) in [5.74, 6) is 0.361. The molecule has 1 amide bonds. The van der Waals surface area contributed by atoms with Crippen LogP contribution in [0.3, 0.4) is 0 Å². The molecule has 0 aliphatic heterocycles. The van der Waals surface area contributed by atoms with Crippen LogP contribution in [0.5, 0.6) is 5.75 Å². The number of anilines is 1. The van der Waals surface area contributed by atoms with Crippen molar-refractivity contribution in [1.29, 1.82) is 0 Å². The monoisotopic (exact) mass is 452 g/mol. The summed E-state index contributed by atoms with van der Waals surface area (Å²) in [7, 11) is 0. The summed E-state index contributed by atoms with van der Waals surface area (Å²) >= 11 is 1.20. The SMILES string of the molecule is CCOC(=O)c1sc(N(Cc2ccccc2)C(=O)CCc2ccc(OCC)cc2)nc1C. The lowest BCUT2D eigenvalue weighted by Crippen LogP contribution is -2.30. The third kappa shape index (κ3) is 6.17. The van der Waals surface area contributed by atoms with Crippen LogP contribution in [0.4, 0.5) is 5.13 Å².